The zero-order chi connectivity index (χ0) is 28.3. The molecule has 200 valence electrons. The molecule has 0 aliphatic rings. The third-order valence-electron chi connectivity index (χ3n) is 6.32. The van der Waals surface area contributed by atoms with Gasteiger partial charge in [-0.3, -0.25) is 24.3 Å². The van der Waals surface area contributed by atoms with E-state index in [1.165, 1.54) is 41.9 Å². The van der Waals surface area contributed by atoms with Gasteiger partial charge in [0.2, 0.25) is 5.91 Å². The molecule has 0 N–H and O–H groups in total. The Morgan fingerprint density at radius 3 is 2.46 bits per heavy atom. The number of para-hydroxylation sites is 1. The number of hydrogen-bond acceptors (Lipinski definition) is 7. The summed E-state index contributed by atoms with van der Waals surface area (Å²) in [6, 6.07) is 15.6. The summed E-state index contributed by atoms with van der Waals surface area (Å²) in [6.45, 7) is 1.77. The molecule has 1 amide bonds. The summed E-state index contributed by atoms with van der Waals surface area (Å²) in [6.07, 6.45) is 2.94. The Kier molecular flexibility index (Phi) is 8.10. The van der Waals surface area contributed by atoms with Gasteiger partial charge < -0.3 is 14.4 Å². The first-order valence-corrected chi connectivity index (χ1v) is 12.6. The second kappa shape index (κ2) is 11.5. The molecule has 3 aromatic carbocycles. The van der Waals surface area contributed by atoms with Gasteiger partial charge in [0.15, 0.2) is 0 Å². The van der Waals surface area contributed by atoms with Crippen molar-refractivity contribution in [2.45, 2.75) is 13.0 Å². The Balaban J connectivity index is 1.79. The molecule has 0 saturated heterocycles. The first kappa shape index (κ1) is 27.5. The van der Waals surface area contributed by atoms with Gasteiger partial charge in [0.25, 0.3) is 11.2 Å². The molecule has 0 saturated carbocycles. The van der Waals surface area contributed by atoms with Crippen molar-refractivity contribution >= 4 is 44.5 Å². The number of hydrogen-bond donors (Lipinski definition) is 0. The van der Waals surface area contributed by atoms with Gasteiger partial charge in [0.05, 0.1) is 46.2 Å². The molecular formula is C28H25BrN4O6. The first-order valence-electron chi connectivity index (χ1n) is 11.8. The highest BCUT2D eigenvalue weighted by Gasteiger charge is 2.25. The van der Waals surface area contributed by atoms with Gasteiger partial charge in [-0.2, -0.15) is 0 Å². The van der Waals surface area contributed by atoms with Crippen LogP contribution >= 0.6 is 15.9 Å². The molecule has 0 aliphatic carbocycles. The highest BCUT2D eigenvalue weighted by atomic mass is 79.9. The van der Waals surface area contributed by atoms with Crippen LogP contribution in [0.15, 0.2) is 76.0 Å². The summed E-state index contributed by atoms with van der Waals surface area (Å²) < 4.78 is 12.9. The molecule has 39 heavy (non-hydrogen) atoms. The van der Waals surface area contributed by atoms with Crippen molar-refractivity contribution in [3.63, 3.8) is 0 Å². The Morgan fingerprint density at radius 2 is 1.82 bits per heavy atom. The van der Waals surface area contributed by atoms with E-state index in [0.717, 1.165) is 0 Å². The molecular weight excluding hydrogens is 568 g/mol. The Morgan fingerprint density at radius 1 is 1.13 bits per heavy atom. The van der Waals surface area contributed by atoms with Crippen molar-refractivity contribution in [1.29, 1.82) is 0 Å². The Bertz CT molecular complexity index is 1650. The van der Waals surface area contributed by atoms with Crippen LogP contribution in [0.4, 0.5) is 5.69 Å². The van der Waals surface area contributed by atoms with Crippen LogP contribution in [0.2, 0.25) is 0 Å². The van der Waals surface area contributed by atoms with E-state index >= 15 is 0 Å². The quantitative estimate of drug-likeness (QED) is 0.155. The maximum absolute atomic E-state index is 13.8. The minimum atomic E-state index is -0.639. The van der Waals surface area contributed by atoms with E-state index in [-0.39, 0.29) is 17.2 Å². The molecule has 4 aromatic rings. The van der Waals surface area contributed by atoms with Gasteiger partial charge in [-0.05, 0) is 58.8 Å². The van der Waals surface area contributed by atoms with Gasteiger partial charge in [-0.15, -0.1) is 0 Å². The number of ether oxygens (including phenoxy) is 2. The molecule has 10 nitrogen and oxygen atoms in total. The van der Waals surface area contributed by atoms with E-state index in [4.69, 9.17) is 14.5 Å². The monoisotopic (exact) mass is 592 g/mol. The summed E-state index contributed by atoms with van der Waals surface area (Å²) in [4.78, 5) is 43.6. The number of benzene rings is 3. The number of amides is 1. The Hall–Kier alpha value is -4.51. The van der Waals surface area contributed by atoms with Gasteiger partial charge >= 0.3 is 0 Å². The maximum Gasteiger partial charge on any atom is 0.269 e. The van der Waals surface area contributed by atoms with E-state index in [1.807, 2.05) is 0 Å². The third-order valence-corrected chi connectivity index (χ3v) is 7.11. The molecule has 1 unspecified atom stereocenters. The predicted molar refractivity (Wildman–Crippen MR) is 151 cm³/mol. The van der Waals surface area contributed by atoms with Crippen LogP contribution in [0.3, 0.4) is 0 Å². The van der Waals surface area contributed by atoms with Gasteiger partial charge in [0, 0.05) is 37.4 Å². The zero-order valence-corrected chi connectivity index (χ0v) is 23.2. The molecule has 0 fully saturated rings. The van der Waals surface area contributed by atoms with Crippen molar-refractivity contribution in [2.24, 2.45) is 0 Å². The molecule has 1 aromatic heterocycles. The highest BCUT2D eigenvalue weighted by molar-refractivity contribution is 9.10. The molecule has 1 atom stereocenters. The van der Waals surface area contributed by atoms with Crippen molar-refractivity contribution in [3.8, 4) is 17.2 Å². The number of carbonyl (C=O) groups is 1. The number of methoxy groups -OCH3 is 2. The smallest absolute Gasteiger partial charge is 0.269 e. The van der Waals surface area contributed by atoms with E-state index in [2.05, 4.69) is 15.9 Å². The molecule has 0 bridgehead atoms. The van der Waals surface area contributed by atoms with E-state index < -0.39 is 11.0 Å². The SMILES string of the molecule is COc1cc(OC)c(Br)c(-n2c(C(C)N(C)C(=O)C=Cc3ccc([N+](=O)[O-])cc3)nc3ccccc3c2=O)c1. The second-order valence-corrected chi connectivity index (χ2v) is 9.39. The van der Waals surface area contributed by atoms with Crippen LogP contribution in [0.5, 0.6) is 11.5 Å². The lowest BCUT2D eigenvalue weighted by molar-refractivity contribution is -0.384. The number of rotatable bonds is 8. The lowest BCUT2D eigenvalue weighted by atomic mass is 10.1. The topological polar surface area (TPSA) is 117 Å². The number of aromatic nitrogens is 2. The van der Waals surface area contributed by atoms with Crippen LogP contribution in [0.25, 0.3) is 22.7 Å². The molecule has 4 rings (SSSR count). The number of likely N-dealkylation sites (N-methyl/N-ethyl adjacent to an activating group) is 1. The number of non-ortho nitro benzene ring substituents is 1. The zero-order valence-electron chi connectivity index (χ0n) is 21.6. The number of nitro benzene ring substituents is 1. The minimum Gasteiger partial charge on any atom is -0.497 e. The molecule has 0 spiro atoms. The summed E-state index contributed by atoms with van der Waals surface area (Å²) in [5, 5.41) is 11.3. The minimum absolute atomic E-state index is 0.0371. The molecule has 0 radical (unpaired) electrons. The average Bonchev–Trinajstić information content (AvgIpc) is 2.95. The van der Waals surface area contributed by atoms with Crippen molar-refractivity contribution < 1.29 is 19.2 Å². The standard InChI is InChI=1S/C28H25BrN4O6/c1-17(31(2)25(34)14-11-18-9-12-19(13-10-18)33(36)37)27-30-22-8-6-5-7-21(22)28(35)32(27)23-15-20(38-3)16-24(39-4)26(23)29/h5-17H,1-4H3. The van der Waals surface area contributed by atoms with Crippen LogP contribution in [0, 0.1) is 10.1 Å². The Labute approximate surface area is 232 Å². The van der Waals surface area contributed by atoms with Crippen LogP contribution < -0.4 is 15.0 Å². The van der Waals surface area contributed by atoms with E-state index in [9.17, 15) is 19.7 Å². The van der Waals surface area contributed by atoms with E-state index in [0.29, 0.717) is 43.9 Å². The number of fused-ring (bicyclic) bond motifs is 1. The number of nitrogens with zero attached hydrogens (tertiary/aromatic N) is 4. The second-order valence-electron chi connectivity index (χ2n) is 8.60. The average molecular weight is 593 g/mol. The third kappa shape index (κ3) is 5.53. The highest BCUT2D eigenvalue weighted by Crippen LogP contribution is 2.36. The fourth-order valence-electron chi connectivity index (χ4n) is 4.01. The summed E-state index contributed by atoms with van der Waals surface area (Å²) in [7, 11) is 4.64. The predicted octanol–water partition coefficient (Wildman–Crippen LogP) is 5.31. The normalized spacial score (nSPS) is 11.9. The van der Waals surface area contributed by atoms with Crippen molar-refractivity contribution in [2.75, 3.05) is 21.3 Å². The van der Waals surface area contributed by atoms with Gasteiger partial charge in [-0.25, -0.2) is 4.98 Å². The fourth-order valence-corrected chi connectivity index (χ4v) is 4.58. The lowest BCUT2D eigenvalue weighted by Gasteiger charge is -2.27. The molecule has 0 aliphatic heterocycles. The van der Waals surface area contributed by atoms with Crippen molar-refractivity contribution in [3.05, 3.63) is 103 Å². The lowest BCUT2D eigenvalue weighted by Crippen LogP contribution is -2.34. The number of nitro groups is 1. The number of carbonyl (C=O) groups excluding carboxylic acids is 1. The summed E-state index contributed by atoms with van der Waals surface area (Å²) in [5.41, 5.74) is 1.21. The molecule has 1 heterocycles. The van der Waals surface area contributed by atoms with Gasteiger partial charge in [0.1, 0.15) is 17.3 Å². The maximum atomic E-state index is 13.8. The van der Waals surface area contributed by atoms with Crippen LogP contribution in [-0.2, 0) is 4.79 Å². The molecule has 11 heteroatoms. The van der Waals surface area contributed by atoms with Gasteiger partial charge in [-0.1, -0.05) is 12.1 Å². The van der Waals surface area contributed by atoms with E-state index in [1.54, 1.807) is 68.6 Å². The van der Waals surface area contributed by atoms with Crippen LogP contribution in [0.1, 0.15) is 24.4 Å². The van der Waals surface area contributed by atoms with Crippen LogP contribution in [-0.4, -0.2) is 46.5 Å². The first-order chi connectivity index (χ1) is 18.7. The van der Waals surface area contributed by atoms with Crippen molar-refractivity contribution in [1.82, 2.24) is 14.5 Å². The fraction of sp³-hybridized carbons (Fsp3) is 0.179. The summed E-state index contributed by atoms with van der Waals surface area (Å²) in [5.74, 6) is 0.907. The largest absolute Gasteiger partial charge is 0.497 e. The summed E-state index contributed by atoms with van der Waals surface area (Å²) >= 11 is 3.55. The number of halogens is 1.